The molecule has 0 bridgehead atoms. The van der Waals surface area contributed by atoms with Crippen LogP contribution in [-0.2, 0) is 4.79 Å². The first-order chi connectivity index (χ1) is 15.3. The summed E-state index contributed by atoms with van der Waals surface area (Å²) in [5.41, 5.74) is 4.81. The first-order valence-corrected chi connectivity index (χ1v) is 10.8. The Kier molecular flexibility index (Phi) is 5.83. The van der Waals surface area contributed by atoms with Crippen LogP contribution in [0.15, 0.2) is 68.9 Å². The van der Waals surface area contributed by atoms with Gasteiger partial charge in [0.15, 0.2) is 5.69 Å². The van der Waals surface area contributed by atoms with Crippen LogP contribution in [0.4, 0.5) is 17.1 Å². The lowest BCUT2D eigenvalue weighted by Gasteiger charge is -2.14. The average molecular weight is 447 g/mol. The topological polar surface area (TPSA) is 95.7 Å². The second kappa shape index (κ2) is 8.72. The standard InChI is InChI=1S/C23H22N6O2S/c1-14-5-7-17(8-6-14)20-13-32-23(24-20)29-22(31)21(15(2)27-29)26-25-18-9-11-19(12-10-18)28(4)16(3)30/h5-13,27H,1-4H3. The van der Waals surface area contributed by atoms with Crippen molar-refractivity contribution in [2.45, 2.75) is 20.8 Å². The van der Waals surface area contributed by atoms with Gasteiger partial charge in [-0.25, -0.2) is 4.98 Å². The summed E-state index contributed by atoms with van der Waals surface area (Å²) in [6.07, 6.45) is 0. The molecule has 2 heterocycles. The van der Waals surface area contributed by atoms with Crippen molar-refractivity contribution in [2.24, 2.45) is 10.2 Å². The fourth-order valence-electron chi connectivity index (χ4n) is 3.05. The molecule has 9 heteroatoms. The molecule has 0 saturated heterocycles. The van der Waals surface area contributed by atoms with Crippen molar-refractivity contribution in [1.82, 2.24) is 14.8 Å². The minimum atomic E-state index is -0.316. The van der Waals surface area contributed by atoms with E-state index in [1.165, 1.54) is 33.4 Å². The number of aromatic amines is 1. The molecule has 2 aromatic heterocycles. The molecule has 4 aromatic rings. The maximum atomic E-state index is 12.9. The van der Waals surface area contributed by atoms with Crippen molar-refractivity contribution in [3.63, 3.8) is 0 Å². The second-order valence-corrected chi connectivity index (χ2v) is 8.24. The molecule has 0 radical (unpaired) electrons. The molecule has 0 aliphatic rings. The lowest BCUT2D eigenvalue weighted by molar-refractivity contribution is -0.116. The Labute approximate surface area is 188 Å². The van der Waals surface area contributed by atoms with E-state index in [2.05, 4.69) is 20.3 Å². The molecule has 0 atom stereocenters. The van der Waals surface area contributed by atoms with Gasteiger partial charge in [0, 0.05) is 30.6 Å². The van der Waals surface area contributed by atoms with E-state index in [1.54, 1.807) is 38.2 Å². The van der Waals surface area contributed by atoms with Gasteiger partial charge in [-0.3, -0.25) is 14.7 Å². The summed E-state index contributed by atoms with van der Waals surface area (Å²) in [4.78, 5) is 30.5. The number of nitrogens with zero attached hydrogens (tertiary/aromatic N) is 5. The zero-order chi connectivity index (χ0) is 22.8. The Bertz CT molecular complexity index is 1350. The Morgan fingerprint density at radius 1 is 1.06 bits per heavy atom. The molecule has 162 valence electrons. The van der Waals surface area contributed by atoms with E-state index in [-0.39, 0.29) is 17.2 Å². The number of anilines is 1. The molecular formula is C23H22N6O2S. The van der Waals surface area contributed by atoms with E-state index in [4.69, 9.17) is 0 Å². The fraction of sp³-hybridized carbons (Fsp3) is 0.174. The summed E-state index contributed by atoms with van der Waals surface area (Å²) < 4.78 is 1.39. The van der Waals surface area contributed by atoms with Gasteiger partial charge in [-0.1, -0.05) is 29.8 Å². The molecular weight excluding hydrogens is 424 g/mol. The number of carbonyl (C=O) groups excluding carboxylic acids is 1. The van der Waals surface area contributed by atoms with Crippen molar-refractivity contribution in [3.8, 4) is 16.4 Å². The van der Waals surface area contributed by atoms with E-state index in [1.807, 2.05) is 36.6 Å². The van der Waals surface area contributed by atoms with Crippen LogP contribution in [0.1, 0.15) is 18.2 Å². The number of benzene rings is 2. The minimum Gasteiger partial charge on any atom is -0.316 e. The number of thiazole rings is 1. The number of nitrogens with one attached hydrogen (secondary N) is 1. The van der Waals surface area contributed by atoms with Gasteiger partial charge in [0.1, 0.15) is 0 Å². The predicted octanol–water partition coefficient (Wildman–Crippen LogP) is 5.30. The summed E-state index contributed by atoms with van der Waals surface area (Å²) in [7, 11) is 1.70. The molecule has 1 N–H and O–H groups in total. The molecule has 0 aliphatic heterocycles. The first-order valence-electron chi connectivity index (χ1n) is 9.94. The molecule has 0 spiro atoms. The van der Waals surface area contributed by atoms with Gasteiger partial charge in [-0.05, 0) is 38.1 Å². The largest absolute Gasteiger partial charge is 0.316 e. The SMILES string of the molecule is CC(=O)N(C)c1ccc(N=Nc2c(C)[nH]n(-c3nc(-c4ccc(C)cc4)cs3)c2=O)cc1. The molecule has 0 unspecified atom stereocenters. The van der Waals surface area contributed by atoms with Crippen LogP contribution < -0.4 is 10.5 Å². The summed E-state index contributed by atoms with van der Waals surface area (Å²) in [6.45, 7) is 5.30. The van der Waals surface area contributed by atoms with Crippen LogP contribution in [0.3, 0.4) is 0 Å². The van der Waals surface area contributed by atoms with Crippen LogP contribution in [0.2, 0.25) is 0 Å². The molecule has 2 aromatic carbocycles. The Balaban J connectivity index is 1.58. The monoisotopic (exact) mass is 446 g/mol. The smallest absolute Gasteiger partial charge is 0.301 e. The zero-order valence-corrected chi connectivity index (χ0v) is 19.0. The van der Waals surface area contributed by atoms with Gasteiger partial charge >= 0.3 is 5.56 Å². The number of aryl methyl sites for hydroxylation is 2. The zero-order valence-electron chi connectivity index (χ0n) is 18.2. The third kappa shape index (κ3) is 4.28. The van der Waals surface area contributed by atoms with Gasteiger partial charge in [0.25, 0.3) is 0 Å². The van der Waals surface area contributed by atoms with Gasteiger partial charge in [0.05, 0.1) is 17.1 Å². The highest BCUT2D eigenvalue weighted by molar-refractivity contribution is 7.12. The quantitative estimate of drug-likeness (QED) is 0.421. The number of H-pyrrole nitrogens is 1. The highest BCUT2D eigenvalue weighted by atomic mass is 32.1. The number of rotatable bonds is 5. The van der Waals surface area contributed by atoms with Crippen LogP contribution >= 0.6 is 11.3 Å². The molecule has 0 aliphatic carbocycles. The van der Waals surface area contributed by atoms with Crippen molar-refractivity contribution in [2.75, 3.05) is 11.9 Å². The van der Waals surface area contributed by atoms with Crippen LogP contribution in [0.25, 0.3) is 16.4 Å². The Morgan fingerprint density at radius 2 is 1.75 bits per heavy atom. The maximum Gasteiger partial charge on any atom is 0.301 e. The van der Waals surface area contributed by atoms with E-state index in [0.717, 1.165) is 16.9 Å². The summed E-state index contributed by atoms with van der Waals surface area (Å²) in [5.74, 6) is -0.0596. The summed E-state index contributed by atoms with van der Waals surface area (Å²) in [5, 5.41) is 13.8. The van der Waals surface area contributed by atoms with Crippen molar-refractivity contribution in [1.29, 1.82) is 0 Å². The predicted molar refractivity (Wildman–Crippen MR) is 127 cm³/mol. The molecule has 0 saturated carbocycles. The van der Waals surface area contributed by atoms with Gasteiger partial charge in [-0.2, -0.15) is 9.80 Å². The first kappa shape index (κ1) is 21.4. The maximum absolute atomic E-state index is 12.9. The lowest BCUT2D eigenvalue weighted by atomic mass is 10.1. The minimum absolute atomic E-state index is 0.0596. The second-order valence-electron chi connectivity index (χ2n) is 7.40. The fourth-order valence-corrected chi connectivity index (χ4v) is 3.84. The van der Waals surface area contributed by atoms with Gasteiger partial charge < -0.3 is 4.90 Å². The number of carbonyl (C=O) groups is 1. The van der Waals surface area contributed by atoms with E-state index in [9.17, 15) is 9.59 Å². The highest BCUT2D eigenvalue weighted by Crippen LogP contribution is 2.25. The van der Waals surface area contributed by atoms with Crippen molar-refractivity contribution >= 4 is 34.3 Å². The van der Waals surface area contributed by atoms with E-state index in [0.29, 0.717) is 16.5 Å². The number of amides is 1. The number of azo groups is 1. The van der Waals surface area contributed by atoms with E-state index >= 15 is 0 Å². The number of hydrogen-bond donors (Lipinski definition) is 1. The normalized spacial score (nSPS) is 11.2. The van der Waals surface area contributed by atoms with Crippen molar-refractivity contribution < 1.29 is 4.79 Å². The third-order valence-corrected chi connectivity index (χ3v) is 5.87. The Morgan fingerprint density at radius 3 is 2.41 bits per heavy atom. The third-order valence-electron chi connectivity index (χ3n) is 5.05. The van der Waals surface area contributed by atoms with Gasteiger partial charge in [-0.15, -0.1) is 16.5 Å². The van der Waals surface area contributed by atoms with Crippen LogP contribution in [0, 0.1) is 13.8 Å². The highest BCUT2D eigenvalue weighted by Gasteiger charge is 2.15. The number of aromatic nitrogens is 3. The van der Waals surface area contributed by atoms with Gasteiger partial charge in [0.2, 0.25) is 11.0 Å². The molecule has 0 fully saturated rings. The summed E-state index contributed by atoms with van der Waals surface area (Å²) in [6, 6.07) is 15.1. The molecule has 1 amide bonds. The van der Waals surface area contributed by atoms with E-state index < -0.39 is 0 Å². The van der Waals surface area contributed by atoms with Crippen LogP contribution in [-0.4, -0.2) is 27.7 Å². The Hall–Kier alpha value is -3.85. The molecule has 4 rings (SSSR count). The lowest BCUT2D eigenvalue weighted by Crippen LogP contribution is -2.22. The molecule has 32 heavy (non-hydrogen) atoms. The van der Waals surface area contributed by atoms with Crippen LogP contribution in [0.5, 0.6) is 0 Å². The average Bonchev–Trinajstić information content (AvgIpc) is 3.37. The summed E-state index contributed by atoms with van der Waals surface area (Å²) >= 11 is 1.38. The molecule has 8 nitrogen and oxygen atoms in total. The number of hydrogen-bond acceptors (Lipinski definition) is 6. The van der Waals surface area contributed by atoms with Crippen molar-refractivity contribution in [3.05, 3.63) is 75.5 Å².